The highest BCUT2D eigenvalue weighted by Gasteiger charge is 2.34. The van der Waals surface area contributed by atoms with E-state index < -0.39 is 0 Å². The van der Waals surface area contributed by atoms with Crippen molar-refractivity contribution in [1.82, 2.24) is 9.88 Å². The van der Waals surface area contributed by atoms with E-state index in [1.165, 1.54) is 23.1 Å². The first-order valence-corrected chi connectivity index (χ1v) is 6.55. The van der Waals surface area contributed by atoms with Crippen LogP contribution < -0.4 is 0 Å². The normalized spacial score (nSPS) is 23.1. The Balaban J connectivity index is 2.26. The molecule has 1 amide bonds. The number of rotatable bonds is 3. The van der Waals surface area contributed by atoms with Crippen LogP contribution in [0.5, 0.6) is 0 Å². The Morgan fingerprint density at radius 3 is 3.19 bits per heavy atom. The summed E-state index contributed by atoms with van der Waals surface area (Å²) in [4.78, 5) is 21.9. The quantitative estimate of drug-likeness (QED) is 0.776. The average Bonchev–Trinajstić information content (AvgIpc) is 2.84. The molecule has 0 radical (unpaired) electrons. The number of aromatic nitrogens is 1. The molecule has 2 rings (SSSR count). The van der Waals surface area contributed by atoms with Crippen LogP contribution in [0.25, 0.3) is 0 Å². The van der Waals surface area contributed by atoms with E-state index in [2.05, 4.69) is 16.6 Å². The zero-order chi connectivity index (χ0) is 11.5. The van der Waals surface area contributed by atoms with Crippen molar-refractivity contribution in [2.75, 3.05) is 6.54 Å². The van der Waals surface area contributed by atoms with Crippen LogP contribution >= 0.6 is 23.1 Å². The summed E-state index contributed by atoms with van der Waals surface area (Å²) in [6.45, 7) is 6.03. The molecule has 2 heterocycles. The third-order valence-corrected chi connectivity index (χ3v) is 3.79. The zero-order valence-corrected chi connectivity index (χ0v) is 10.4. The Kier molecular flexibility index (Phi) is 3.40. The van der Waals surface area contributed by atoms with Gasteiger partial charge < -0.3 is 0 Å². The molecule has 1 fully saturated rings. The van der Waals surface area contributed by atoms with Gasteiger partial charge in [0, 0.05) is 18.1 Å². The Hall–Kier alpha value is -1.14. The van der Waals surface area contributed by atoms with Crippen LogP contribution in [0, 0.1) is 0 Å². The maximum atomic E-state index is 11.8. The van der Waals surface area contributed by atoms with Gasteiger partial charge >= 0.3 is 0 Å². The zero-order valence-electron chi connectivity index (χ0n) is 8.79. The minimum atomic E-state index is -0.0707. The molecular formula is C10H11N3OS2. The molecule has 1 aromatic heterocycles. The first-order valence-electron chi connectivity index (χ1n) is 4.79. The predicted molar refractivity (Wildman–Crippen MR) is 68.2 cm³/mol. The molecule has 0 spiro atoms. The molecule has 1 aromatic rings. The number of hydrogen-bond acceptors (Lipinski definition) is 5. The van der Waals surface area contributed by atoms with Crippen molar-refractivity contribution >= 4 is 39.3 Å². The van der Waals surface area contributed by atoms with E-state index in [1.54, 1.807) is 17.2 Å². The highest BCUT2D eigenvalue weighted by molar-refractivity contribution is 8.15. The van der Waals surface area contributed by atoms with Gasteiger partial charge in [0.05, 0.1) is 5.25 Å². The highest BCUT2D eigenvalue weighted by Crippen LogP contribution is 2.29. The summed E-state index contributed by atoms with van der Waals surface area (Å²) in [5, 5.41) is 3.19. The van der Waals surface area contributed by atoms with Gasteiger partial charge in [0.25, 0.3) is 0 Å². The molecule has 0 aliphatic carbocycles. The molecule has 1 aliphatic rings. The molecule has 0 bridgehead atoms. The Morgan fingerprint density at radius 2 is 2.56 bits per heavy atom. The van der Waals surface area contributed by atoms with Crippen molar-refractivity contribution in [3.63, 3.8) is 0 Å². The molecule has 84 valence electrons. The second-order valence-electron chi connectivity index (χ2n) is 3.21. The molecule has 0 N–H and O–H groups in total. The Bertz CT molecular complexity index is 427. The second-order valence-corrected chi connectivity index (χ2v) is 5.39. The van der Waals surface area contributed by atoms with E-state index in [4.69, 9.17) is 0 Å². The standard InChI is InChI=1S/C10H11N3OS2/c1-3-5-13-8(14)7(2)16-10(13)12-9-11-4-6-15-9/h3-4,6-7H,1,5H2,2H3/b12-10+. The van der Waals surface area contributed by atoms with E-state index in [-0.39, 0.29) is 11.2 Å². The summed E-state index contributed by atoms with van der Waals surface area (Å²) >= 11 is 2.92. The number of carbonyl (C=O) groups excluding carboxylic acids is 1. The van der Waals surface area contributed by atoms with Gasteiger partial charge in [-0.05, 0) is 6.92 Å². The van der Waals surface area contributed by atoms with E-state index in [0.29, 0.717) is 16.8 Å². The van der Waals surface area contributed by atoms with Crippen LogP contribution in [0.15, 0.2) is 29.2 Å². The van der Waals surface area contributed by atoms with Gasteiger partial charge in [-0.3, -0.25) is 9.69 Å². The van der Waals surface area contributed by atoms with E-state index in [9.17, 15) is 4.79 Å². The highest BCUT2D eigenvalue weighted by atomic mass is 32.2. The van der Waals surface area contributed by atoms with Gasteiger partial charge in [-0.15, -0.1) is 17.9 Å². The molecular weight excluding hydrogens is 242 g/mol. The minimum Gasteiger partial charge on any atom is -0.286 e. The third-order valence-electron chi connectivity index (χ3n) is 2.05. The largest absolute Gasteiger partial charge is 0.286 e. The topological polar surface area (TPSA) is 45.6 Å². The fourth-order valence-corrected chi connectivity index (χ4v) is 2.86. The smallest absolute Gasteiger partial charge is 0.242 e. The summed E-state index contributed by atoms with van der Waals surface area (Å²) in [6, 6.07) is 0. The van der Waals surface area contributed by atoms with Gasteiger partial charge in [0.15, 0.2) is 5.17 Å². The Labute approximate surface area is 102 Å². The number of hydrogen-bond donors (Lipinski definition) is 0. The summed E-state index contributed by atoms with van der Waals surface area (Å²) in [5.74, 6) is 0.0835. The summed E-state index contributed by atoms with van der Waals surface area (Å²) in [6.07, 6.45) is 3.40. The predicted octanol–water partition coefficient (Wildman–Crippen LogP) is 2.28. The number of nitrogens with zero attached hydrogens (tertiary/aromatic N) is 3. The third kappa shape index (κ3) is 2.17. The van der Waals surface area contributed by atoms with Gasteiger partial charge in [-0.25, -0.2) is 4.98 Å². The number of aliphatic imine (C=N–C) groups is 1. The average molecular weight is 253 g/mol. The molecule has 6 heteroatoms. The van der Waals surface area contributed by atoms with Crippen molar-refractivity contribution in [2.45, 2.75) is 12.2 Å². The van der Waals surface area contributed by atoms with Crippen LogP contribution in [0.4, 0.5) is 5.13 Å². The van der Waals surface area contributed by atoms with Gasteiger partial charge in [-0.2, -0.15) is 4.99 Å². The number of thioether (sulfide) groups is 1. The fraction of sp³-hybridized carbons (Fsp3) is 0.300. The molecule has 0 aromatic carbocycles. The van der Waals surface area contributed by atoms with Gasteiger partial charge in [-0.1, -0.05) is 17.8 Å². The van der Waals surface area contributed by atoms with Crippen molar-refractivity contribution in [2.24, 2.45) is 4.99 Å². The van der Waals surface area contributed by atoms with Crippen molar-refractivity contribution in [3.8, 4) is 0 Å². The number of amidine groups is 1. The monoisotopic (exact) mass is 253 g/mol. The Morgan fingerprint density at radius 1 is 1.75 bits per heavy atom. The van der Waals surface area contributed by atoms with Crippen LogP contribution in [-0.2, 0) is 4.79 Å². The number of carbonyl (C=O) groups is 1. The number of amides is 1. The van der Waals surface area contributed by atoms with Crippen molar-refractivity contribution in [3.05, 3.63) is 24.2 Å². The lowest BCUT2D eigenvalue weighted by Gasteiger charge is -2.12. The molecule has 0 saturated carbocycles. The minimum absolute atomic E-state index is 0.0707. The molecule has 1 saturated heterocycles. The fourth-order valence-electron chi connectivity index (χ4n) is 1.32. The number of thiazole rings is 1. The summed E-state index contributed by atoms with van der Waals surface area (Å²) in [5.41, 5.74) is 0. The first-order chi connectivity index (χ1) is 7.72. The second kappa shape index (κ2) is 4.80. The lowest BCUT2D eigenvalue weighted by atomic mass is 10.4. The van der Waals surface area contributed by atoms with Crippen LogP contribution in [-0.4, -0.2) is 32.8 Å². The van der Waals surface area contributed by atoms with E-state index in [0.717, 1.165) is 0 Å². The first kappa shape index (κ1) is 11.3. The molecule has 4 nitrogen and oxygen atoms in total. The van der Waals surface area contributed by atoms with Gasteiger partial charge in [0.2, 0.25) is 11.0 Å². The van der Waals surface area contributed by atoms with Crippen LogP contribution in [0.1, 0.15) is 6.92 Å². The molecule has 1 unspecified atom stereocenters. The lowest BCUT2D eigenvalue weighted by molar-refractivity contribution is -0.125. The molecule has 1 atom stereocenters. The summed E-state index contributed by atoms with van der Waals surface area (Å²) in [7, 11) is 0. The molecule has 1 aliphatic heterocycles. The maximum absolute atomic E-state index is 11.8. The molecule has 16 heavy (non-hydrogen) atoms. The van der Waals surface area contributed by atoms with E-state index >= 15 is 0 Å². The van der Waals surface area contributed by atoms with Gasteiger partial charge in [0.1, 0.15) is 0 Å². The lowest BCUT2D eigenvalue weighted by Crippen LogP contribution is -2.31. The van der Waals surface area contributed by atoms with E-state index in [1.807, 2.05) is 12.3 Å². The van der Waals surface area contributed by atoms with Crippen LogP contribution in [0.2, 0.25) is 0 Å². The van der Waals surface area contributed by atoms with Crippen LogP contribution in [0.3, 0.4) is 0 Å². The van der Waals surface area contributed by atoms with Crippen molar-refractivity contribution < 1.29 is 4.79 Å². The van der Waals surface area contributed by atoms with Crippen molar-refractivity contribution in [1.29, 1.82) is 0 Å². The SMILES string of the molecule is C=CCN1C(=O)C(C)S/C1=N/c1nccs1. The maximum Gasteiger partial charge on any atom is 0.242 e. The summed E-state index contributed by atoms with van der Waals surface area (Å²) < 4.78 is 0.